The topological polar surface area (TPSA) is 47.0 Å². The summed E-state index contributed by atoms with van der Waals surface area (Å²) in [6.45, 7) is 5.64. The molecule has 0 saturated heterocycles. The Hall–Kier alpha value is -1.62. The smallest absolute Gasteiger partial charge is 0.218 e. The summed E-state index contributed by atoms with van der Waals surface area (Å²) in [6.07, 6.45) is 2.49. The van der Waals surface area contributed by atoms with Gasteiger partial charge >= 0.3 is 0 Å². The van der Waals surface area contributed by atoms with E-state index in [-0.39, 0.29) is 0 Å². The van der Waals surface area contributed by atoms with Gasteiger partial charge in [0.05, 0.1) is 6.61 Å². The number of ether oxygens (including phenoxy) is 1. The predicted octanol–water partition coefficient (Wildman–Crippen LogP) is 3.25. The van der Waals surface area contributed by atoms with Crippen LogP contribution < -0.4 is 10.1 Å². The first-order chi connectivity index (χ1) is 8.79. The summed E-state index contributed by atoms with van der Waals surface area (Å²) in [4.78, 5) is 8.25. The zero-order valence-electron chi connectivity index (χ0n) is 10.6. The van der Waals surface area contributed by atoms with E-state index in [9.17, 15) is 0 Å². The minimum atomic E-state index is 0.622. The average molecular weight is 263 g/mol. The maximum absolute atomic E-state index is 5.47. The highest BCUT2D eigenvalue weighted by atomic mass is 32.1. The van der Waals surface area contributed by atoms with Crippen LogP contribution in [0.25, 0.3) is 0 Å². The molecule has 0 unspecified atom stereocenters. The highest BCUT2D eigenvalue weighted by Gasteiger charge is 2.02. The van der Waals surface area contributed by atoms with Gasteiger partial charge in [-0.25, -0.2) is 9.97 Å². The zero-order valence-corrected chi connectivity index (χ0v) is 11.5. The summed E-state index contributed by atoms with van der Waals surface area (Å²) >= 11 is 1.72. The molecule has 5 heteroatoms. The van der Waals surface area contributed by atoms with Crippen LogP contribution in [0.5, 0.6) is 5.88 Å². The van der Waals surface area contributed by atoms with Gasteiger partial charge in [-0.05, 0) is 35.2 Å². The van der Waals surface area contributed by atoms with Gasteiger partial charge in [-0.1, -0.05) is 6.92 Å². The lowest BCUT2D eigenvalue weighted by Crippen LogP contribution is -2.03. The van der Waals surface area contributed by atoms with Crippen LogP contribution in [0, 0.1) is 6.92 Å². The average Bonchev–Trinajstić information content (AvgIpc) is 2.80. The Morgan fingerprint density at radius 3 is 2.94 bits per heavy atom. The lowest BCUT2D eigenvalue weighted by Gasteiger charge is -2.07. The number of thiophene rings is 1. The fraction of sp³-hybridized carbons (Fsp3) is 0.385. The third-order valence-electron chi connectivity index (χ3n) is 2.52. The van der Waals surface area contributed by atoms with E-state index in [1.54, 1.807) is 11.3 Å². The molecule has 1 N–H and O–H groups in total. The summed E-state index contributed by atoms with van der Waals surface area (Å²) in [5.41, 5.74) is 2.61. The number of aryl methyl sites for hydroxylation is 1. The molecule has 0 radical (unpaired) electrons. The molecule has 0 aliphatic carbocycles. The van der Waals surface area contributed by atoms with Crippen LogP contribution in [0.3, 0.4) is 0 Å². The number of rotatable bonds is 6. The molecule has 0 bridgehead atoms. The Balaban J connectivity index is 1.95. The summed E-state index contributed by atoms with van der Waals surface area (Å²) < 4.78 is 5.47. The van der Waals surface area contributed by atoms with Crippen molar-refractivity contribution in [2.75, 3.05) is 11.9 Å². The number of aromatic nitrogens is 2. The molecule has 0 saturated carbocycles. The van der Waals surface area contributed by atoms with Crippen molar-refractivity contribution < 1.29 is 4.74 Å². The third-order valence-corrected chi connectivity index (χ3v) is 3.43. The molecule has 2 heterocycles. The van der Waals surface area contributed by atoms with Gasteiger partial charge in [0.2, 0.25) is 5.88 Å². The quantitative estimate of drug-likeness (QED) is 0.869. The van der Waals surface area contributed by atoms with Crippen molar-refractivity contribution in [2.24, 2.45) is 0 Å². The van der Waals surface area contributed by atoms with E-state index in [0.717, 1.165) is 18.8 Å². The van der Waals surface area contributed by atoms with Gasteiger partial charge in [-0.15, -0.1) is 0 Å². The van der Waals surface area contributed by atoms with Crippen molar-refractivity contribution >= 4 is 17.2 Å². The van der Waals surface area contributed by atoms with Crippen molar-refractivity contribution in [1.82, 2.24) is 9.97 Å². The molecule has 0 amide bonds. The predicted molar refractivity (Wildman–Crippen MR) is 74.2 cm³/mol. The van der Waals surface area contributed by atoms with Crippen LogP contribution in [0.2, 0.25) is 0 Å². The van der Waals surface area contributed by atoms with Gasteiger partial charge < -0.3 is 10.1 Å². The van der Waals surface area contributed by atoms with Crippen LogP contribution in [0.15, 0.2) is 23.2 Å². The molecule has 0 fully saturated rings. The number of anilines is 1. The number of nitrogens with one attached hydrogen (secondary N) is 1. The molecule has 2 aromatic heterocycles. The molecular weight excluding hydrogens is 246 g/mol. The molecule has 96 valence electrons. The Kier molecular flexibility index (Phi) is 4.52. The van der Waals surface area contributed by atoms with Crippen molar-refractivity contribution in [2.45, 2.75) is 26.8 Å². The van der Waals surface area contributed by atoms with Crippen LogP contribution in [0.1, 0.15) is 24.5 Å². The highest BCUT2D eigenvalue weighted by molar-refractivity contribution is 7.08. The van der Waals surface area contributed by atoms with Crippen molar-refractivity contribution in [3.05, 3.63) is 34.3 Å². The summed E-state index contributed by atoms with van der Waals surface area (Å²) in [6, 6.07) is 1.83. The van der Waals surface area contributed by atoms with E-state index < -0.39 is 0 Å². The van der Waals surface area contributed by atoms with Gasteiger partial charge in [0.1, 0.15) is 12.1 Å². The lowest BCUT2D eigenvalue weighted by atomic mass is 10.2. The van der Waals surface area contributed by atoms with Gasteiger partial charge in [0, 0.05) is 12.6 Å². The maximum atomic E-state index is 5.47. The minimum Gasteiger partial charge on any atom is -0.478 e. The second-order valence-corrected chi connectivity index (χ2v) is 4.77. The lowest BCUT2D eigenvalue weighted by molar-refractivity contribution is 0.305. The first-order valence-corrected chi connectivity index (χ1v) is 6.94. The fourth-order valence-electron chi connectivity index (χ4n) is 1.48. The number of nitrogens with zero attached hydrogens (tertiary/aromatic N) is 2. The standard InChI is InChI=1S/C13H17N3OS/c1-3-4-17-13-5-12(15-9-16-13)14-6-11-8-18-7-10(11)2/h5,7-9H,3-4,6H2,1-2H3,(H,14,15,16). The monoisotopic (exact) mass is 263 g/mol. The fourth-order valence-corrected chi connectivity index (χ4v) is 2.33. The minimum absolute atomic E-state index is 0.622. The van der Waals surface area contributed by atoms with Crippen LogP contribution in [0.4, 0.5) is 5.82 Å². The van der Waals surface area contributed by atoms with Crippen molar-refractivity contribution in [1.29, 1.82) is 0 Å². The molecule has 0 aromatic carbocycles. The Labute approximate surface area is 111 Å². The van der Waals surface area contributed by atoms with Crippen molar-refractivity contribution in [3.8, 4) is 5.88 Å². The molecule has 0 aliphatic rings. The van der Waals surface area contributed by atoms with E-state index in [4.69, 9.17) is 4.74 Å². The van der Waals surface area contributed by atoms with Gasteiger partial charge in [-0.3, -0.25) is 0 Å². The zero-order chi connectivity index (χ0) is 12.8. The van der Waals surface area contributed by atoms with E-state index in [2.05, 4.69) is 39.9 Å². The molecule has 18 heavy (non-hydrogen) atoms. The van der Waals surface area contributed by atoms with E-state index >= 15 is 0 Å². The van der Waals surface area contributed by atoms with Crippen molar-refractivity contribution in [3.63, 3.8) is 0 Å². The Morgan fingerprint density at radius 2 is 2.22 bits per heavy atom. The largest absolute Gasteiger partial charge is 0.478 e. The molecule has 0 atom stereocenters. The maximum Gasteiger partial charge on any atom is 0.218 e. The van der Waals surface area contributed by atoms with Gasteiger partial charge in [0.15, 0.2) is 0 Å². The van der Waals surface area contributed by atoms with Gasteiger partial charge in [-0.2, -0.15) is 11.3 Å². The SMILES string of the molecule is CCCOc1cc(NCc2cscc2C)ncn1. The Bertz CT molecular complexity index is 498. The first-order valence-electron chi connectivity index (χ1n) is 6.00. The second kappa shape index (κ2) is 6.35. The van der Waals surface area contributed by atoms with Gasteiger partial charge in [0.25, 0.3) is 0 Å². The van der Waals surface area contributed by atoms with E-state index in [0.29, 0.717) is 12.5 Å². The van der Waals surface area contributed by atoms with Crippen LogP contribution in [-0.2, 0) is 6.54 Å². The van der Waals surface area contributed by atoms with E-state index in [1.165, 1.54) is 17.5 Å². The summed E-state index contributed by atoms with van der Waals surface area (Å²) in [5, 5.41) is 7.58. The van der Waals surface area contributed by atoms with Crippen LogP contribution in [-0.4, -0.2) is 16.6 Å². The number of hydrogen-bond donors (Lipinski definition) is 1. The third kappa shape index (κ3) is 3.43. The number of hydrogen-bond acceptors (Lipinski definition) is 5. The van der Waals surface area contributed by atoms with Crippen LogP contribution >= 0.6 is 11.3 Å². The molecule has 0 aliphatic heterocycles. The molecular formula is C13H17N3OS. The first kappa shape index (κ1) is 12.8. The molecule has 2 rings (SSSR count). The normalized spacial score (nSPS) is 10.3. The molecule has 0 spiro atoms. The highest BCUT2D eigenvalue weighted by Crippen LogP contribution is 2.16. The molecule has 2 aromatic rings. The summed E-state index contributed by atoms with van der Waals surface area (Å²) in [5.74, 6) is 1.41. The Morgan fingerprint density at radius 1 is 1.33 bits per heavy atom. The summed E-state index contributed by atoms with van der Waals surface area (Å²) in [7, 11) is 0. The van der Waals surface area contributed by atoms with E-state index in [1.807, 2.05) is 6.07 Å². The molecule has 4 nitrogen and oxygen atoms in total. The second-order valence-electron chi connectivity index (χ2n) is 4.02.